The van der Waals surface area contributed by atoms with Gasteiger partial charge in [0.05, 0.1) is 0 Å². The molecule has 1 aromatic carbocycles. The molecular weight excluding hydrogens is 262 g/mol. The summed E-state index contributed by atoms with van der Waals surface area (Å²) in [6, 6.07) is 6.96. The van der Waals surface area contributed by atoms with Gasteiger partial charge in [0.2, 0.25) is 0 Å². The Kier molecular flexibility index (Phi) is 2.98. The average Bonchev–Trinajstić information content (AvgIpc) is 2.46. The minimum absolute atomic E-state index is 0.142. The SMILES string of the molecule is Nc1ccc(C(=O)NN=C2C3CC4CC(C3)CC2C4)cc1. The van der Waals surface area contributed by atoms with E-state index in [4.69, 9.17) is 5.73 Å². The quantitative estimate of drug-likeness (QED) is 0.647. The summed E-state index contributed by atoms with van der Waals surface area (Å²) in [7, 11) is 0. The summed E-state index contributed by atoms with van der Waals surface area (Å²) in [6.45, 7) is 0. The van der Waals surface area contributed by atoms with Crippen molar-refractivity contribution in [3.63, 3.8) is 0 Å². The molecule has 0 saturated heterocycles. The summed E-state index contributed by atoms with van der Waals surface area (Å²) >= 11 is 0. The van der Waals surface area contributed by atoms with Crippen LogP contribution in [0.4, 0.5) is 5.69 Å². The van der Waals surface area contributed by atoms with E-state index in [-0.39, 0.29) is 5.91 Å². The second kappa shape index (κ2) is 4.86. The summed E-state index contributed by atoms with van der Waals surface area (Å²) in [5, 5.41) is 4.51. The zero-order valence-corrected chi connectivity index (χ0v) is 12.1. The topological polar surface area (TPSA) is 67.5 Å². The van der Waals surface area contributed by atoms with Crippen molar-refractivity contribution >= 4 is 17.3 Å². The smallest absolute Gasteiger partial charge is 0.271 e. The van der Waals surface area contributed by atoms with E-state index in [1.165, 1.54) is 37.8 Å². The second-order valence-corrected chi connectivity index (χ2v) is 6.90. The van der Waals surface area contributed by atoms with Crippen LogP contribution in [0.15, 0.2) is 29.4 Å². The molecule has 0 aromatic heterocycles. The van der Waals surface area contributed by atoms with Crippen molar-refractivity contribution in [1.29, 1.82) is 0 Å². The first kappa shape index (κ1) is 12.9. The van der Waals surface area contributed by atoms with E-state index < -0.39 is 0 Å². The standard InChI is InChI=1S/C17H21N3O/c18-15-3-1-12(2-4-15)17(21)20-19-16-13-6-10-5-11(8-13)9-14(16)7-10/h1-4,10-11,13-14H,5-9,18H2,(H,20,21). The third-order valence-corrected chi connectivity index (χ3v) is 5.43. The monoisotopic (exact) mass is 283 g/mol. The lowest BCUT2D eigenvalue weighted by molar-refractivity contribution is 0.0942. The first-order valence-electron chi connectivity index (χ1n) is 7.92. The molecule has 4 aliphatic carbocycles. The third kappa shape index (κ3) is 2.33. The lowest BCUT2D eigenvalue weighted by Crippen LogP contribution is -2.46. The predicted molar refractivity (Wildman–Crippen MR) is 82.8 cm³/mol. The van der Waals surface area contributed by atoms with E-state index in [1.54, 1.807) is 24.3 Å². The number of benzene rings is 1. The third-order valence-electron chi connectivity index (χ3n) is 5.43. The van der Waals surface area contributed by atoms with Crippen molar-refractivity contribution in [2.24, 2.45) is 28.8 Å². The minimum Gasteiger partial charge on any atom is -0.399 e. The van der Waals surface area contributed by atoms with Crippen LogP contribution in [0, 0.1) is 23.7 Å². The first-order chi connectivity index (χ1) is 10.2. The Balaban J connectivity index is 1.48. The Morgan fingerprint density at radius 2 is 1.57 bits per heavy atom. The summed E-state index contributed by atoms with van der Waals surface area (Å²) in [6.07, 6.45) is 6.55. The van der Waals surface area contributed by atoms with Crippen LogP contribution in [-0.2, 0) is 0 Å². The van der Waals surface area contributed by atoms with Crippen molar-refractivity contribution in [2.45, 2.75) is 32.1 Å². The number of hydrazone groups is 1. The molecule has 4 fully saturated rings. The number of hydrogen-bond acceptors (Lipinski definition) is 3. The van der Waals surface area contributed by atoms with E-state index in [0.717, 1.165) is 11.8 Å². The summed E-state index contributed by atoms with van der Waals surface area (Å²) in [5.74, 6) is 2.93. The second-order valence-electron chi connectivity index (χ2n) is 6.90. The van der Waals surface area contributed by atoms with Gasteiger partial charge in [0.25, 0.3) is 5.91 Å². The number of nitrogen functional groups attached to an aromatic ring is 1. The van der Waals surface area contributed by atoms with Crippen LogP contribution in [0.1, 0.15) is 42.5 Å². The molecule has 0 spiro atoms. The number of hydrogen-bond donors (Lipinski definition) is 2. The van der Waals surface area contributed by atoms with Gasteiger partial charge >= 0.3 is 0 Å². The molecule has 110 valence electrons. The van der Waals surface area contributed by atoms with Crippen LogP contribution in [-0.4, -0.2) is 11.6 Å². The van der Waals surface area contributed by atoms with Gasteiger partial charge in [-0.1, -0.05) is 0 Å². The average molecular weight is 283 g/mol. The molecule has 1 aromatic rings. The van der Waals surface area contributed by atoms with Crippen LogP contribution in [0.5, 0.6) is 0 Å². The number of rotatable bonds is 2. The van der Waals surface area contributed by atoms with Gasteiger partial charge in [-0.3, -0.25) is 4.79 Å². The fourth-order valence-corrected chi connectivity index (χ4v) is 4.66. The highest BCUT2D eigenvalue weighted by Crippen LogP contribution is 2.52. The van der Waals surface area contributed by atoms with Crippen LogP contribution in [0.25, 0.3) is 0 Å². The number of carbonyl (C=O) groups is 1. The van der Waals surface area contributed by atoms with Gasteiger partial charge in [-0.05, 0) is 80.0 Å². The zero-order valence-electron chi connectivity index (χ0n) is 12.1. The predicted octanol–water partition coefficient (Wildman–Crippen LogP) is 2.81. The first-order valence-corrected chi connectivity index (χ1v) is 7.92. The molecule has 4 bridgehead atoms. The zero-order chi connectivity index (χ0) is 14.4. The van der Waals surface area contributed by atoms with Gasteiger partial charge < -0.3 is 5.73 Å². The molecule has 0 radical (unpaired) electrons. The van der Waals surface area contributed by atoms with Gasteiger partial charge in [0, 0.05) is 17.0 Å². The van der Waals surface area contributed by atoms with Crippen molar-refractivity contribution in [3.8, 4) is 0 Å². The summed E-state index contributed by atoms with van der Waals surface area (Å²) in [5.41, 5.74) is 10.9. The number of anilines is 1. The van der Waals surface area contributed by atoms with Crippen molar-refractivity contribution in [3.05, 3.63) is 29.8 Å². The van der Waals surface area contributed by atoms with Crippen molar-refractivity contribution < 1.29 is 4.79 Å². The number of amides is 1. The van der Waals surface area contributed by atoms with E-state index >= 15 is 0 Å². The normalized spacial score (nSPS) is 33.0. The van der Waals surface area contributed by atoms with Gasteiger partial charge in [-0.25, -0.2) is 5.43 Å². The molecule has 0 unspecified atom stereocenters. The van der Waals surface area contributed by atoms with Gasteiger partial charge in [-0.15, -0.1) is 0 Å². The van der Waals surface area contributed by atoms with Crippen molar-refractivity contribution in [2.75, 3.05) is 5.73 Å². The number of nitrogens with one attached hydrogen (secondary N) is 1. The molecule has 4 aliphatic rings. The fraction of sp³-hybridized carbons (Fsp3) is 0.529. The summed E-state index contributed by atoms with van der Waals surface area (Å²) < 4.78 is 0. The van der Waals surface area contributed by atoms with E-state index in [2.05, 4.69) is 10.5 Å². The number of carbonyl (C=O) groups excluding carboxylic acids is 1. The number of nitrogens with zero attached hydrogens (tertiary/aromatic N) is 1. The molecule has 0 aliphatic heterocycles. The lowest BCUT2D eigenvalue weighted by atomic mass is 9.55. The van der Waals surface area contributed by atoms with E-state index in [9.17, 15) is 4.79 Å². The maximum atomic E-state index is 12.1. The molecule has 4 saturated carbocycles. The van der Waals surface area contributed by atoms with Crippen molar-refractivity contribution in [1.82, 2.24) is 5.43 Å². The number of nitrogens with two attached hydrogens (primary N) is 1. The van der Waals surface area contributed by atoms with Crippen LogP contribution in [0.3, 0.4) is 0 Å². The van der Waals surface area contributed by atoms with Crippen LogP contribution in [0.2, 0.25) is 0 Å². The van der Waals surface area contributed by atoms with Gasteiger partial charge in [0.1, 0.15) is 0 Å². The molecule has 1 amide bonds. The fourth-order valence-electron chi connectivity index (χ4n) is 4.66. The molecule has 4 nitrogen and oxygen atoms in total. The molecule has 21 heavy (non-hydrogen) atoms. The largest absolute Gasteiger partial charge is 0.399 e. The Labute approximate surface area is 124 Å². The van der Waals surface area contributed by atoms with E-state index in [1.807, 2.05) is 0 Å². The minimum atomic E-state index is -0.142. The van der Waals surface area contributed by atoms with Gasteiger partial charge in [-0.2, -0.15) is 5.10 Å². The van der Waals surface area contributed by atoms with Crippen LogP contribution < -0.4 is 11.2 Å². The molecule has 3 N–H and O–H groups in total. The Bertz CT molecular complexity index is 561. The molecule has 0 atom stereocenters. The summed E-state index contributed by atoms with van der Waals surface area (Å²) in [4.78, 5) is 12.1. The maximum Gasteiger partial charge on any atom is 0.271 e. The van der Waals surface area contributed by atoms with Gasteiger partial charge in [0.15, 0.2) is 0 Å². The highest BCUT2D eigenvalue weighted by molar-refractivity contribution is 5.97. The lowest BCUT2D eigenvalue weighted by Gasteiger charge is -2.50. The molecule has 4 heteroatoms. The Morgan fingerprint density at radius 1 is 1.00 bits per heavy atom. The highest BCUT2D eigenvalue weighted by Gasteiger charge is 2.46. The van der Waals surface area contributed by atoms with Crippen LogP contribution >= 0.6 is 0 Å². The molecular formula is C17H21N3O. The highest BCUT2D eigenvalue weighted by atomic mass is 16.2. The Morgan fingerprint density at radius 3 is 2.14 bits per heavy atom. The Hall–Kier alpha value is -1.84. The van der Waals surface area contributed by atoms with E-state index in [0.29, 0.717) is 23.1 Å². The molecule has 5 rings (SSSR count). The maximum absolute atomic E-state index is 12.1. The molecule has 0 heterocycles.